The van der Waals surface area contributed by atoms with Crippen LogP contribution in [0.15, 0.2) is 30.3 Å². The molecule has 2 heterocycles. The minimum atomic E-state index is -5.99. The molecular formula is C15H17F3O7S. The quantitative estimate of drug-likeness (QED) is 0.568. The third-order valence-electron chi connectivity index (χ3n) is 4.11. The van der Waals surface area contributed by atoms with Crippen molar-refractivity contribution in [2.45, 2.75) is 49.4 Å². The van der Waals surface area contributed by atoms with Gasteiger partial charge in [0.1, 0.15) is 6.10 Å². The van der Waals surface area contributed by atoms with Gasteiger partial charge in [-0.2, -0.15) is 25.8 Å². The summed E-state index contributed by atoms with van der Waals surface area (Å²) in [7, 11) is -4.58. The predicted molar refractivity (Wildman–Crippen MR) is 79.9 cm³/mol. The monoisotopic (exact) mass is 398 g/mol. The minimum Gasteiger partial charge on any atom is -0.356 e. The summed E-state index contributed by atoms with van der Waals surface area (Å²) in [6.07, 6.45) is -2.78. The smallest absolute Gasteiger partial charge is 0.356 e. The highest BCUT2D eigenvalue weighted by molar-refractivity contribution is 7.87. The summed E-state index contributed by atoms with van der Waals surface area (Å²) in [5.41, 5.74) is -5.66. The van der Waals surface area contributed by atoms with Crippen molar-refractivity contribution in [1.29, 1.82) is 0 Å². The maximum atomic E-state index is 12.9. The first-order chi connectivity index (χ1) is 12.1. The first-order valence-corrected chi connectivity index (χ1v) is 9.10. The van der Waals surface area contributed by atoms with Crippen molar-refractivity contribution >= 4 is 10.1 Å². The Morgan fingerprint density at radius 2 is 1.85 bits per heavy atom. The standard InChI is InChI=1S/C15H17F3O7S/c1-9-13-11(8-12(21-2)22-9)23-14(24-13,10-6-4-3-5-7-10)25-26(19,20)15(16,17)18/h3-7,9,11-13H,8H2,1-2H3/t9-,11+,12-,13-,14?/m1/s1. The maximum Gasteiger partial charge on any atom is 0.523 e. The maximum absolute atomic E-state index is 12.9. The molecule has 0 radical (unpaired) electrons. The van der Waals surface area contributed by atoms with Crippen LogP contribution < -0.4 is 0 Å². The summed E-state index contributed by atoms with van der Waals surface area (Å²) in [5.74, 6) is -2.56. The molecule has 2 aliphatic rings. The van der Waals surface area contributed by atoms with Crippen molar-refractivity contribution in [2.75, 3.05) is 7.11 Å². The van der Waals surface area contributed by atoms with Crippen molar-refractivity contribution in [1.82, 2.24) is 0 Å². The van der Waals surface area contributed by atoms with E-state index in [2.05, 4.69) is 4.18 Å². The fourth-order valence-corrected chi connectivity index (χ4v) is 3.46. The molecule has 26 heavy (non-hydrogen) atoms. The Morgan fingerprint density at radius 3 is 2.42 bits per heavy atom. The van der Waals surface area contributed by atoms with E-state index in [1.54, 1.807) is 13.0 Å². The van der Waals surface area contributed by atoms with E-state index in [1.165, 1.54) is 31.4 Å². The highest BCUT2D eigenvalue weighted by Crippen LogP contribution is 2.46. The largest absolute Gasteiger partial charge is 0.523 e. The number of hydrogen-bond donors (Lipinski definition) is 0. The fourth-order valence-electron chi connectivity index (χ4n) is 2.90. The predicted octanol–water partition coefficient (Wildman–Crippen LogP) is 2.23. The van der Waals surface area contributed by atoms with Crippen molar-refractivity contribution < 1.29 is 44.7 Å². The molecule has 1 unspecified atom stereocenters. The lowest BCUT2D eigenvalue weighted by molar-refractivity contribution is -0.313. The SMILES string of the molecule is CO[C@H]1C[C@@H]2OC(OS(=O)(=O)C(F)(F)F)(c3ccccc3)O[C@@H]2[C@@H](C)O1. The Bertz CT molecular complexity index is 739. The zero-order chi connectivity index (χ0) is 19.2. The lowest BCUT2D eigenvalue weighted by atomic mass is 10.0. The Morgan fingerprint density at radius 1 is 1.19 bits per heavy atom. The van der Waals surface area contributed by atoms with E-state index in [0.717, 1.165) is 0 Å². The van der Waals surface area contributed by atoms with Gasteiger partial charge in [0.05, 0.1) is 12.2 Å². The molecule has 0 spiro atoms. The van der Waals surface area contributed by atoms with Gasteiger partial charge in [0, 0.05) is 19.1 Å². The van der Waals surface area contributed by atoms with E-state index in [1.807, 2.05) is 0 Å². The summed E-state index contributed by atoms with van der Waals surface area (Å²) in [6.45, 7) is 1.62. The molecule has 0 bridgehead atoms. The molecule has 1 aromatic carbocycles. The summed E-state index contributed by atoms with van der Waals surface area (Å²) >= 11 is 0. The van der Waals surface area contributed by atoms with Gasteiger partial charge in [0.15, 0.2) is 6.29 Å². The molecular weight excluding hydrogens is 381 g/mol. The van der Waals surface area contributed by atoms with E-state index >= 15 is 0 Å². The van der Waals surface area contributed by atoms with Gasteiger partial charge in [-0.05, 0) is 6.92 Å². The van der Waals surface area contributed by atoms with Gasteiger partial charge >= 0.3 is 21.6 Å². The lowest BCUT2D eigenvalue weighted by Crippen LogP contribution is -2.45. The molecule has 5 atom stereocenters. The first kappa shape index (κ1) is 19.5. The van der Waals surface area contributed by atoms with Crippen LogP contribution in [0.2, 0.25) is 0 Å². The molecule has 0 N–H and O–H groups in total. The van der Waals surface area contributed by atoms with Crippen LogP contribution in [0.4, 0.5) is 13.2 Å². The molecule has 0 saturated carbocycles. The van der Waals surface area contributed by atoms with Crippen LogP contribution in [-0.2, 0) is 39.2 Å². The molecule has 0 aromatic heterocycles. The van der Waals surface area contributed by atoms with Gasteiger partial charge in [0.2, 0.25) is 0 Å². The number of benzene rings is 1. The second kappa shape index (κ2) is 6.73. The molecule has 11 heteroatoms. The summed E-state index contributed by atoms with van der Waals surface area (Å²) < 4.78 is 88.1. The van der Waals surface area contributed by atoms with E-state index in [4.69, 9.17) is 18.9 Å². The highest BCUT2D eigenvalue weighted by atomic mass is 32.2. The number of hydrogen-bond acceptors (Lipinski definition) is 7. The van der Waals surface area contributed by atoms with Gasteiger partial charge in [-0.15, -0.1) is 0 Å². The third kappa shape index (κ3) is 3.47. The van der Waals surface area contributed by atoms with Crippen LogP contribution in [0.25, 0.3) is 0 Å². The second-order valence-electron chi connectivity index (χ2n) is 5.89. The number of rotatable bonds is 4. The lowest BCUT2D eigenvalue weighted by Gasteiger charge is -2.33. The number of fused-ring (bicyclic) bond motifs is 1. The Labute approximate surface area is 148 Å². The Balaban J connectivity index is 1.99. The van der Waals surface area contributed by atoms with Gasteiger partial charge in [-0.25, -0.2) is 0 Å². The Hall–Kier alpha value is -1.24. The van der Waals surface area contributed by atoms with Crippen LogP contribution in [0.3, 0.4) is 0 Å². The van der Waals surface area contributed by atoms with Crippen LogP contribution in [0, 0.1) is 0 Å². The van der Waals surface area contributed by atoms with Crippen molar-refractivity contribution in [3.8, 4) is 0 Å². The van der Waals surface area contributed by atoms with E-state index in [9.17, 15) is 21.6 Å². The topological polar surface area (TPSA) is 80.3 Å². The number of halogens is 3. The van der Waals surface area contributed by atoms with Gasteiger partial charge in [-0.3, -0.25) is 0 Å². The van der Waals surface area contributed by atoms with Crippen LogP contribution >= 0.6 is 0 Å². The minimum absolute atomic E-state index is 0.0246. The average Bonchev–Trinajstić information content (AvgIpc) is 2.94. The zero-order valence-electron chi connectivity index (χ0n) is 13.8. The second-order valence-corrected chi connectivity index (χ2v) is 7.42. The molecule has 0 amide bonds. The first-order valence-electron chi connectivity index (χ1n) is 7.69. The van der Waals surface area contributed by atoms with Crippen molar-refractivity contribution in [3.63, 3.8) is 0 Å². The van der Waals surface area contributed by atoms with Crippen LogP contribution in [0.1, 0.15) is 18.9 Å². The molecule has 146 valence electrons. The highest BCUT2D eigenvalue weighted by Gasteiger charge is 2.61. The summed E-state index contributed by atoms with van der Waals surface area (Å²) in [4.78, 5) is 0. The normalized spacial score (nSPS) is 35.3. The molecule has 2 aliphatic heterocycles. The number of alkyl halides is 3. The molecule has 1 aromatic rings. The molecule has 7 nitrogen and oxygen atoms in total. The van der Waals surface area contributed by atoms with E-state index in [-0.39, 0.29) is 12.0 Å². The van der Waals surface area contributed by atoms with Gasteiger partial charge < -0.3 is 18.9 Å². The third-order valence-corrected chi connectivity index (χ3v) is 5.12. The summed E-state index contributed by atoms with van der Waals surface area (Å²) in [6, 6.07) is 7.29. The molecule has 3 rings (SSSR count). The number of methoxy groups -OCH3 is 1. The fraction of sp³-hybridized carbons (Fsp3) is 0.600. The average molecular weight is 398 g/mol. The molecule has 0 aliphatic carbocycles. The molecule has 2 saturated heterocycles. The zero-order valence-corrected chi connectivity index (χ0v) is 14.6. The van der Waals surface area contributed by atoms with Crippen molar-refractivity contribution in [2.24, 2.45) is 0 Å². The van der Waals surface area contributed by atoms with E-state index < -0.39 is 46.2 Å². The van der Waals surface area contributed by atoms with E-state index in [0.29, 0.717) is 0 Å². The number of ether oxygens (including phenoxy) is 4. The van der Waals surface area contributed by atoms with Gasteiger partial charge in [0.25, 0.3) is 0 Å². The van der Waals surface area contributed by atoms with Crippen molar-refractivity contribution in [3.05, 3.63) is 35.9 Å². The van der Waals surface area contributed by atoms with Crippen LogP contribution in [0.5, 0.6) is 0 Å². The molecule has 2 fully saturated rings. The summed E-state index contributed by atoms with van der Waals surface area (Å²) in [5, 5.41) is 0. The van der Waals surface area contributed by atoms with Gasteiger partial charge in [-0.1, -0.05) is 30.3 Å². The van der Waals surface area contributed by atoms with Crippen LogP contribution in [-0.4, -0.2) is 45.6 Å². The Kier molecular flexibility index (Phi) is 5.05.